The van der Waals surface area contributed by atoms with Crippen LogP contribution in [0.4, 0.5) is 4.79 Å². The van der Waals surface area contributed by atoms with Gasteiger partial charge < -0.3 is 19.5 Å². The summed E-state index contributed by atoms with van der Waals surface area (Å²) in [5.41, 5.74) is 0.919. The Morgan fingerprint density at radius 2 is 1.92 bits per heavy atom. The number of piperidine rings is 1. The summed E-state index contributed by atoms with van der Waals surface area (Å²) in [7, 11) is 0. The van der Waals surface area contributed by atoms with E-state index in [0.29, 0.717) is 30.3 Å². The molecule has 1 fully saturated rings. The van der Waals surface area contributed by atoms with Crippen molar-refractivity contribution in [2.24, 2.45) is 0 Å². The van der Waals surface area contributed by atoms with Crippen molar-refractivity contribution in [1.82, 2.24) is 4.90 Å². The van der Waals surface area contributed by atoms with E-state index in [1.54, 1.807) is 4.90 Å². The molecule has 3 heterocycles. The maximum atomic E-state index is 12.2. The van der Waals surface area contributed by atoms with Gasteiger partial charge in [-0.1, -0.05) is 25.4 Å². The highest BCUT2D eigenvalue weighted by Gasteiger charge is 2.46. The van der Waals surface area contributed by atoms with Gasteiger partial charge in [0.2, 0.25) is 0 Å². The molecule has 7 heteroatoms. The van der Waals surface area contributed by atoms with Crippen molar-refractivity contribution in [3.63, 3.8) is 0 Å². The molecule has 0 saturated carbocycles. The fourth-order valence-electron chi connectivity index (χ4n) is 3.37. The Bertz CT molecular complexity index is 645. The van der Waals surface area contributed by atoms with E-state index in [1.165, 1.54) is 11.3 Å². The quantitative estimate of drug-likeness (QED) is 0.660. The zero-order chi connectivity index (χ0) is 19.7. The Kier molecular flexibility index (Phi) is 6.65. The largest absolute Gasteiger partial charge is 0.444 e. The molecule has 1 aromatic rings. The molecular formula is C19H30ClNO4S. The van der Waals surface area contributed by atoms with Crippen molar-refractivity contribution in [1.29, 1.82) is 0 Å². The number of rotatable bonds is 0. The van der Waals surface area contributed by atoms with Gasteiger partial charge in [0.05, 0.1) is 10.9 Å². The highest BCUT2D eigenvalue weighted by Crippen LogP contribution is 2.50. The van der Waals surface area contributed by atoms with Crippen LogP contribution in [0.3, 0.4) is 0 Å². The molecule has 5 nitrogen and oxygen atoms in total. The van der Waals surface area contributed by atoms with E-state index in [-0.39, 0.29) is 12.7 Å². The van der Waals surface area contributed by atoms with Gasteiger partial charge >= 0.3 is 6.09 Å². The molecular weight excluding hydrogens is 374 g/mol. The molecule has 1 amide bonds. The third-order valence-corrected chi connectivity index (χ3v) is 6.42. The maximum Gasteiger partial charge on any atom is 0.410 e. The second-order valence-electron chi connectivity index (χ2n) is 7.53. The van der Waals surface area contributed by atoms with Gasteiger partial charge in [0.1, 0.15) is 17.3 Å². The summed E-state index contributed by atoms with van der Waals surface area (Å²) in [6, 6.07) is 0. The molecule has 1 aromatic heterocycles. The lowest BCUT2D eigenvalue weighted by Crippen LogP contribution is -2.49. The van der Waals surface area contributed by atoms with Gasteiger partial charge in [-0.3, -0.25) is 0 Å². The molecule has 1 saturated heterocycles. The van der Waals surface area contributed by atoms with Crippen LogP contribution in [0.15, 0.2) is 0 Å². The summed E-state index contributed by atoms with van der Waals surface area (Å²) in [6.45, 7) is 12.9. The van der Waals surface area contributed by atoms with Crippen LogP contribution in [0, 0.1) is 6.92 Å². The predicted molar refractivity (Wildman–Crippen MR) is 105 cm³/mol. The number of fused-ring (bicyclic) bond motifs is 2. The fourth-order valence-corrected chi connectivity index (χ4v) is 5.00. The maximum absolute atomic E-state index is 12.2. The van der Waals surface area contributed by atoms with E-state index in [9.17, 15) is 9.90 Å². The highest BCUT2D eigenvalue weighted by molar-refractivity contribution is 7.16. The van der Waals surface area contributed by atoms with Crippen LogP contribution >= 0.6 is 22.9 Å². The number of amides is 1. The number of likely N-dealkylation sites (tertiary alicyclic amines) is 1. The average Bonchev–Trinajstić information content (AvgIpc) is 2.89. The van der Waals surface area contributed by atoms with E-state index in [0.717, 1.165) is 16.0 Å². The first-order valence-corrected chi connectivity index (χ1v) is 10.4. The van der Waals surface area contributed by atoms with E-state index < -0.39 is 17.3 Å². The van der Waals surface area contributed by atoms with Crippen LogP contribution in [0.25, 0.3) is 0 Å². The summed E-state index contributed by atoms with van der Waals surface area (Å²) >= 11 is 7.80. The molecule has 1 atom stereocenters. The van der Waals surface area contributed by atoms with Crippen LogP contribution < -0.4 is 0 Å². The molecule has 0 aromatic carbocycles. The molecule has 2 aliphatic rings. The molecule has 26 heavy (non-hydrogen) atoms. The van der Waals surface area contributed by atoms with Crippen molar-refractivity contribution in [3.05, 3.63) is 20.3 Å². The number of hydrogen-bond donors (Lipinski definition) is 1. The van der Waals surface area contributed by atoms with Crippen molar-refractivity contribution < 1.29 is 19.4 Å². The lowest BCUT2D eigenvalue weighted by molar-refractivity contribution is -0.127. The SMILES string of the molecule is CC.Cc1c(Cl)sc2c1C(O)COC21CCN(C(=O)OC(C)(C)C)CC1. The average molecular weight is 404 g/mol. The predicted octanol–water partition coefficient (Wildman–Crippen LogP) is 5.03. The van der Waals surface area contributed by atoms with E-state index in [1.807, 2.05) is 41.5 Å². The monoisotopic (exact) mass is 403 g/mol. The van der Waals surface area contributed by atoms with Gasteiger partial charge in [-0.25, -0.2) is 4.79 Å². The third-order valence-electron chi connectivity index (χ3n) is 4.62. The summed E-state index contributed by atoms with van der Waals surface area (Å²) in [5, 5.41) is 10.3. The molecule has 148 valence electrons. The normalized spacial score (nSPS) is 21.7. The fraction of sp³-hybridized carbons (Fsp3) is 0.737. The van der Waals surface area contributed by atoms with Gasteiger partial charge in [-0.2, -0.15) is 0 Å². The molecule has 0 bridgehead atoms. The van der Waals surface area contributed by atoms with E-state index in [2.05, 4.69) is 0 Å². The summed E-state index contributed by atoms with van der Waals surface area (Å²) < 4.78 is 12.2. The van der Waals surface area contributed by atoms with E-state index in [4.69, 9.17) is 21.1 Å². The summed E-state index contributed by atoms with van der Waals surface area (Å²) in [4.78, 5) is 15.0. The standard InChI is InChI=1S/C17H24ClNO4S.C2H6/c1-10-12-11(20)9-22-17(13(12)24-14(10)18)5-7-19(8-6-17)15(21)23-16(2,3)4;1-2/h11,20H,5-9H2,1-4H3;1-2H3. The lowest BCUT2D eigenvalue weighted by Gasteiger charge is -2.44. The minimum Gasteiger partial charge on any atom is -0.444 e. The second kappa shape index (κ2) is 8.05. The number of aliphatic hydroxyl groups is 1. The number of carbonyl (C=O) groups excluding carboxylic acids is 1. The Hall–Kier alpha value is -0.820. The van der Waals surface area contributed by atoms with Crippen LogP contribution in [0.2, 0.25) is 4.34 Å². The topological polar surface area (TPSA) is 59.0 Å². The van der Waals surface area contributed by atoms with Crippen LogP contribution in [-0.4, -0.2) is 41.4 Å². The first-order chi connectivity index (χ1) is 12.1. The lowest BCUT2D eigenvalue weighted by atomic mass is 9.84. The van der Waals surface area contributed by atoms with E-state index >= 15 is 0 Å². The smallest absolute Gasteiger partial charge is 0.410 e. The molecule has 2 aliphatic heterocycles. The number of thiophene rings is 1. The second-order valence-corrected chi connectivity index (χ2v) is 9.15. The third kappa shape index (κ3) is 4.19. The first kappa shape index (κ1) is 21.5. The number of nitrogens with zero attached hydrogens (tertiary/aromatic N) is 1. The van der Waals surface area contributed by atoms with Crippen molar-refractivity contribution in [2.75, 3.05) is 19.7 Å². The van der Waals surface area contributed by atoms with Gasteiger partial charge in [-0.15, -0.1) is 11.3 Å². The van der Waals surface area contributed by atoms with Crippen molar-refractivity contribution in [2.45, 2.75) is 71.7 Å². The van der Waals surface area contributed by atoms with Crippen LogP contribution in [0.1, 0.15) is 69.6 Å². The minimum absolute atomic E-state index is 0.271. The summed E-state index contributed by atoms with van der Waals surface area (Å²) in [6.07, 6.45) is 0.455. The van der Waals surface area contributed by atoms with Crippen molar-refractivity contribution >= 4 is 29.0 Å². The van der Waals surface area contributed by atoms with Gasteiger partial charge in [0.15, 0.2) is 0 Å². The molecule has 1 N–H and O–H groups in total. The zero-order valence-corrected chi connectivity index (χ0v) is 18.1. The number of halogens is 1. The Balaban J connectivity index is 0.00000117. The molecule has 1 unspecified atom stereocenters. The number of ether oxygens (including phenoxy) is 2. The minimum atomic E-state index is -0.627. The van der Waals surface area contributed by atoms with Gasteiger partial charge in [0, 0.05) is 23.5 Å². The molecule has 1 spiro atoms. The van der Waals surface area contributed by atoms with Crippen LogP contribution in [-0.2, 0) is 15.1 Å². The highest BCUT2D eigenvalue weighted by atomic mass is 35.5. The first-order valence-electron chi connectivity index (χ1n) is 9.22. The Labute approximate surface area is 165 Å². The van der Waals surface area contributed by atoms with Crippen molar-refractivity contribution in [3.8, 4) is 0 Å². The molecule has 0 aliphatic carbocycles. The molecule has 3 rings (SSSR count). The number of hydrogen-bond acceptors (Lipinski definition) is 5. The molecule has 0 radical (unpaired) electrons. The van der Waals surface area contributed by atoms with Gasteiger partial charge in [-0.05, 0) is 46.1 Å². The Morgan fingerprint density at radius 3 is 2.46 bits per heavy atom. The van der Waals surface area contributed by atoms with Gasteiger partial charge in [0.25, 0.3) is 0 Å². The number of carbonyl (C=O) groups is 1. The number of aliphatic hydroxyl groups excluding tert-OH is 1. The summed E-state index contributed by atoms with van der Waals surface area (Å²) in [5.74, 6) is 0. The van der Waals surface area contributed by atoms with Crippen LogP contribution in [0.5, 0.6) is 0 Å². The zero-order valence-electron chi connectivity index (χ0n) is 16.5. The Morgan fingerprint density at radius 1 is 1.35 bits per heavy atom.